The molecule has 2 aromatic heterocycles. The molecular formula is C12H13N3O4S2. The summed E-state index contributed by atoms with van der Waals surface area (Å²) in [5.41, 5.74) is 0.788. The minimum Gasteiger partial charge on any atom is -0.478 e. The molecular weight excluding hydrogens is 314 g/mol. The molecule has 0 spiro atoms. The van der Waals surface area contributed by atoms with Crippen LogP contribution in [-0.2, 0) is 21.4 Å². The standard InChI is InChI=1S/C12H13N3O4S2/c1-15(21(18,19)11-5-13-8-14-11)6-9-4-10(20-7-9)2-3-12(16)17/h2-5,7-8H,6H2,1H3,(H,13,14)(H,16,17). The van der Waals surface area contributed by atoms with E-state index in [1.165, 1.54) is 41.3 Å². The van der Waals surface area contributed by atoms with E-state index in [4.69, 9.17) is 5.11 Å². The van der Waals surface area contributed by atoms with Gasteiger partial charge in [-0.05, 0) is 23.1 Å². The van der Waals surface area contributed by atoms with Crippen LogP contribution in [0.4, 0.5) is 0 Å². The van der Waals surface area contributed by atoms with Crippen molar-refractivity contribution in [3.05, 3.63) is 40.5 Å². The van der Waals surface area contributed by atoms with Crippen molar-refractivity contribution in [3.8, 4) is 0 Å². The average molecular weight is 327 g/mol. The summed E-state index contributed by atoms with van der Waals surface area (Å²) in [4.78, 5) is 17.5. The van der Waals surface area contributed by atoms with Crippen LogP contribution in [0.5, 0.6) is 0 Å². The van der Waals surface area contributed by atoms with Gasteiger partial charge in [0.2, 0.25) is 0 Å². The lowest BCUT2D eigenvalue weighted by Gasteiger charge is -2.14. The van der Waals surface area contributed by atoms with Crippen molar-refractivity contribution < 1.29 is 18.3 Å². The van der Waals surface area contributed by atoms with Crippen LogP contribution in [-0.4, -0.2) is 40.8 Å². The van der Waals surface area contributed by atoms with Crippen LogP contribution in [0.25, 0.3) is 6.08 Å². The number of sulfonamides is 1. The fraction of sp³-hybridized carbons (Fsp3) is 0.167. The highest BCUT2D eigenvalue weighted by Gasteiger charge is 2.22. The maximum absolute atomic E-state index is 12.2. The van der Waals surface area contributed by atoms with E-state index in [0.717, 1.165) is 16.5 Å². The predicted molar refractivity (Wildman–Crippen MR) is 78.2 cm³/mol. The van der Waals surface area contributed by atoms with Crippen LogP contribution in [0.1, 0.15) is 10.4 Å². The van der Waals surface area contributed by atoms with Gasteiger partial charge in [-0.2, -0.15) is 4.31 Å². The minimum atomic E-state index is -3.60. The van der Waals surface area contributed by atoms with Gasteiger partial charge in [-0.15, -0.1) is 11.3 Å². The molecule has 7 nitrogen and oxygen atoms in total. The number of rotatable bonds is 6. The Bertz CT molecular complexity index is 747. The van der Waals surface area contributed by atoms with Gasteiger partial charge in [-0.25, -0.2) is 18.2 Å². The molecule has 0 aliphatic rings. The molecule has 2 aromatic rings. The first-order chi connectivity index (χ1) is 9.89. The zero-order valence-electron chi connectivity index (χ0n) is 11.1. The molecule has 0 amide bonds. The zero-order valence-corrected chi connectivity index (χ0v) is 12.7. The number of carboxylic acids is 1. The molecule has 9 heteroatoms. The van der Waals surface area contributed by atoms with Crippen LogP contribution in [0, 0.1) is 0 Å². The molecule has 0 atom stereocenters. The SMILES string of the molecule is CN(Cc1csc(C=CC(=O)O)c1)S(=O)(=O)c1cnc[nH]1. The van der Waals surface area contributed by atoms with Crippen molar-refractivity contribution in [1.29, 1.82) is 0 Å². The van der Waals surface area contributed by atoms with E-state index in [1.807, 2.05) is 0 Å². The van der Waals surface area contributed by atoms with Crippen molar-refractivity contribution in [2.75, 3.05) is 7.05 Å². The zero-order chi connectivity index (χ0) is 15.5. The molecule has 2 rings (SSSR count). The van der Waals surface area contributed by atoms with Gasteiger partial charge in [0.15, 0.2) is 5.03 Å². The van der Waals surface area contributed by atoms with Gasteiger partial charge in [0, 0.05) is 24.5 Å². The number of carbonyl (C=O) groups is 1. The first-order valence-corrected chi connectivity index (χ1v) is 8.14. The Hall–Kier alpha value is -1.97. The normalized spacial score (nSPS) is 12.3. The Morgan fingerprint density at radius 1 is 1.57 bits per heavy atom. The molecule has 0 fully saturated rings. The third-order valence-electron chi connectivity index (χ3n) is 2.63. The third kappa shape index (κ3) is 3.78. The summed E-state index contributed by atoms with van der Waals surface area (Å²) in [7, 11) is -2.13. The highest BCUT2D eigenvalue weighted by atomic mass is 32.2. The van der Waals surface area contributed by atoms with E-state index >= 15 is 0 Å². The lowest BCUT2D eigenvalue weighted by atomic mass is 10.3. The number of carboxylic acid groups (broad SMARTS) is 1. The molecule has 0 aliphatic carbocycles. The van der Waals surface area contributed by atoms with E-state index in [9.17, 15) is 13.2 Å². The molecule has 0 unspecified atom stereocenters. The first kappa shape index (κ1) is 15.4. The molecule has 0 radical (unpaired) electrons. The minimum absolute atomic E-state index is 0.0335. The smallest absolute Gasteiger partial charge is 0.328 e. The summed E-state index contributed by atoms with van der Waals surface area (Å²) in [6, 6.07) is 1.75. The van der Waals surface area contributed by atoms with Crippen molar-refractivity contribution in [1.82, 2.24) is 14.3 Å². The quantitative estimate of drug-likeness (QED) is 0.780. The Kier molecular flexibility index (Phi) is 4.56. The first-order valence-electron chi connectivity index (χ1n) is 5.83. The Morgan fingerprint density at radius 3 is 2.95 bits per heavy atom. The van der Waals surface area contributed by atoms with Gasteiger partial charge in [0.1, 0.15) is 0 Å². The maximum atomic E-state index is 12.2. The van der Waals surface area contributed by atoms with Gasteiger partial charge < -0.3 is 10.1 Å². The van der Waals surface area contributed by atoms with Crippen molar-refractivity contribution >= 4 is 33.4 Å². The van der Waals surface area contributed by atoms with Gasteiger partial charge >= 0.3 is 5.97 Å². The highest BCUT2D eigenvalue weighted by Crippen LogP contribution is 2.20. The molecule has 0 saturated carbocycles. The van der Waals surface area contributed by atoms with Gasteiger partial charge in [0.05, 0.1) is 12.5 Å². The maximum Gasteiger partial charge on any atom is 0.328 e. The monoisotopic (exact) mass is 327 g/mol. The Labute approximate surface area is 125 Å². The molecule has 2 heterocycles. The topological polar surface area (TPSA) is 103 Å². The van der Waals surface area contributed by atoms with Gasteiger partial charge in [0.25, 0.3) is 10.0 Å². The Balaban J connectivity index is 2.10. The van der Waals surface area contributed by atoms with Crippen LogP contribution >= 0.6 is 11.3 Å². The van der Waals surface area contributed by atoms with Gasteiger partial charge in [-0.3, -0.25) is 0 Å². The average Bonchev–Trinajstić information content (AvgIpc) is 3.07. The van der Waals surface area contributed by atoms with E-state index in [2.05, 4.69) is 9.97 Å². The number of aromatic nitrogens is 2. The number of aliphatic carboxylic acids is 1. The molecule has 21 heavy (non-hydrogen) atoms. The van der Waals surface area contributed by atoms with Crippen LogP contribution in [0.2, 0.25) is 0 Å². The molecule has 112 valence electrons. The second-order valence-corrected chi connectivity index (χ2v) is 7.16. The number of thiophene rings is 1. The summed E-state index contributed by atoms with van der Waals surface area (Å²) in [5.74, 6) is -1.02. The molecule has 0 aliphatic heterocycles. The van der Waals surface area contributed by atoms with E-state index in [0.29, 0.717) is 0 Å². The number of imidazole rings is 1. The van der Waals surface area contributed by atoms with Crippen LogP contribution in [0.15, 0.2) is 35.1 Å². The predicted octanol–water partition coefficient (Wildman–Crippen LogP) is 1.39. The van der Waals surface area contributed by atoms with Crippen LogP contribution < -0.4 is 0 Å². The second-order valence-electron chi connectivity index (χ2n) is 4.21. The molecule has 2 N–H and O–H groups in total. The lowest BCUT2D eigenvalue weighted by molar-refractivity contribution is -0.131. The van der Waals surface area contributed by atoms with Crippen LogP contribution in [0.3, 0.4) is 0 Å². The number of aromatic amines is 1. The van der Waals surface area contributed by atoms with Crippen molar-refractivity contribution in [3.63, 3.8) is 0 Å². The number of hydrogen-bond donors (Lipinski definition) is 2. The fourth-order valence-corrected chi connectivity index (χ4v) is 3.46. The summed E-state index contributed by atoms with van der Waals surface area (Å²) in [5, 5.41) is 10.4. The Morgan fingerprint density at radius 2 is 2.33 bits per heavy atom. The summed E-state index contributed by atoms with van der Waals surface area (Å²) in [6.07, 6.45) is 5.07. The van der Waals surface area contributed by atoms with Crippen molar-refractivity contribution in [2.24, 2.45) is 0 Å². The van der Waals surface area contributed by atoms with E-state index in [1.54, 1.807) is 11.4 Å². The largest absolute Gasteiger partial charge is 0.478 e. The summed E-state index contributed by atoms with van der Waals surface area (Å²) >= 11 is 1.35. The highest BCUT2D eigenvalue weighted by molar-refractivity contribution is 7.89. The second kappa shape index (κ2) is 6.20. The number of nitrogens with one attached hydrogen (secondary N) is 1. The third-order valence-corrected chi connectivity index (χ3v) is 5.31. The molecule has 0 aromatic carbocycles. The van der Waals surface area contributed by atoms with Crippen molar-refractivity contribution in [2.45, 2.75) is 11.6 Å². The summed E-state index contributed by atoms with van der Waals surface area (Å²) in [6.45, 7) is 0.193. The fourth-order valence-electron chi connectivity index (χ4n) is 1.61. The summed E-state index contributed by atoms with van der Waals surface area (Å²) < 4.78 is 25.6. The molecule has 0 bridgehead atoms. The number of hydrogen-bond acceptors (Lipinski definition) is 5. The number of nitrogens with zero attached hydrogens (tertiary/aromatic N) is 2. The number of H-pyrrole nitrogens is 1. The molecule has 0 saturated heterocycles. The van der Waals surface area contributed by atoms with E-state index in [-0.39, 0.29) is 11.6 Å². The van der Waals surface area contributed by atoms with Gasteiger partial charge in [-0.1, -0.05) is 0 Å². The lowest BCUT2D eigenvalue weighted by Crippen LogP contribution is -2.26. The van der Waals surface area contributed by atoms with E-state index < -0.39 is 16.0 Å².